The summed E-state index contributed by atoms with van der Waals surface area (Å²) in [7, 11) is 0. The lowest BCUT2D eigenvalue weighted by Gasteiger charge is -2.10. The predicted octanol–water partition coefficient (Wildman–Crippen LogP) is 3.64. The summed E-state index contributed by atoms with van der Waals surface area (Å²) >= 11 is 0. The standard InChI is InChI=1S/C13H21N/c1-3-4-5-11(2)10-12-6-8-13(14)9-7-12/h6-9,11H,3-5,10,14H2,1-2H3. The van der Waals surface area contributed by atoms with Crippen LogP contribution in [0.4, 0.5) is 5.69 Å². The Balaban J connectivity index is 2.39. The molecule has 1 atom stereocenters. The summed E-state index contributed by atoms with van der Waals surface area (Å²) in [4.78, 5) is 0. The van der Waals surface area contributed by atoms with Crippen LogP contribution in [-0.2, 0) is 6.42 Å². The van der Waals surface area contributed by atoms with Crippen LogP contribution in [0.15, 0.2) is 24.3 Å². The average Bonchev–Trinajstić information content (AvgIpc) is 2.18. The Morgan fingerprint density at radius 1 is 1.21 bits per heavy atom. The van der Waals surface area contributed by atoms with Crippen LogP contribution < -0.4 is 5.73 Å². The zero-order valence-corrected chi connectivity index (χ0v) is 9.29. The number of anilines is 1. The molecule has 1 unspecified atom stereocenters. The maximum atomic E-state index is 5.64. The van der Waals surface area contributed by atoms with Crippen molar-refractivity contribution in [2.24, 2.45) is 5.92 Å². The highest BCUT2D eigenvalue weighted by Crippen LogP contribution is 2.15. The molecular formula is C13H21N. The minimum absolute atomic E-state index is 0.790. The Morgan fingerprint density at radius 3 is 2.43 bits per heavy atom. The minimum atomic E-state index is 0.790. The maximum Gasteiger partial charge on any atom is 0.0314 e. The van der Waals surface area contributed by atoms with Gasteiger partial charge in [-0.1, -0.05) is 45.2 Å². The first kappa shape index (κ1) is 11.1. The summed E-state index contributed by atoms with van der Waals surface area (Å²) in [6.07, 6.45) is 5.16. The summed E-state index contributed by atoms with van der Waals surface area (Å²) in [5.41, 5.74) is 7.90. The van der Waals surface area contributed by atoms with Crippen molar-refractivity contribution in [1.82, 2.24) is 0 Å². The Bertz CT molecular complexity index is 250. The first-order valence-corrected chi connectivity index (χ1v) is 5.56. The smallest absolute Gasteiger partial charge is 0.0314 e. The molecule has 0 aromatic heterocycles. The third kappa shape index (κ3) is 3.82. The van der Waals surface area contributed by atoms with Crippen molar-refractivity contribution in [3.8, 4) is 0 Å². The van der Waals surface area contributed by atoms with Crippen LogP contribution in [0.5, 0.6) is 0 Å². The molecule has 14 heavy (non-hydrogen) atoms. The normalized spacial score (nSPS) is 12.7. The van der Waals surface area contributed by atoms with Gasteiger partial charge in [0.25, 0.3) is 0 Å². The molecule has 0 aliphatic carbocycles. The molecule has 78 valence electrons. The van der Waals surface area contributed by atoms with Gasteiger partial charge in [0.05, 0.1) is 0 Å². The van der Waals surface area contributed by atoms with E-state index in [9.17, 15) is 0 Å². The van der Waals surface area contributed by atoms with E-state index in [0.29, 0.717) is 0 Å². The largest absolute Gasteiger partial charge is 0.399 e. The van der Waals surface area contributed by atoms with Crippen molar-refractivity contribution in [2.75, 3.05) is 5.73 Å². The third-order valence-electron chi connectivity index (χ3n) is 2.61. The molecule has 1 nitrogen and oxygen atoms in total. The second kappa shape index (κ2) is 5.69. The van der Waals surface area contributed by atoms with Crippen molar-refractivity contribution < 1.29 is 0 Å². The number of hydrogen-bond donors (Lipinski definition) is 1. The fourth-order valence-electron chi connectivity index (χ4n) is 1.71. The molecule has 0 amide bonds. The van der Waals surface area contributed by atoms with Gasteiger partial charge in [0.2, 0.25) is 0 Å². The van der Waals surface area contributed by atoms with Gasteiger partial charge in [0, 0.05) is 5.69 Å². The van der Waals surface area contributed by atoms with E-state index in [2.05, 4.69) is 26.0 Å². The Labute approximate surface area is 87.3 Å². The summed E-state index contributed by atoms with van der Waals surface area (Å²) in [5, 5.41) is 0. The van der Waals surface area contributed by atoms with E-state index in [-0.39, 0.29) is 0 Å². The number of hydrogen-bond acceptors (Lipinski definition) is 1. The first-order valence-electron chi connectivity index (χ1n) is 5.56. The van der Waals surface area contributed by atoms with Crippen LogP contribution in [0.2, 0.25) is 0 Å². The molecule has 2 N–H and O–H groups in total. The van der Waals surface area contributed by atoms with Crippen LogP contribution in [0.1, 0.15) is 38.7 Å². The fraction of sp³-hybridized carbons (Fsp3) is 0.538. The zero-order valence-electron chi connectivity index (χ0n) is 9.29. The van der Waals surface area contributed by atoms with Crippen molar-refractivity contribution in [3.05, 3.63) is 29.8 Å². The number of nitrogens with two attached hydrogens (primary N) is 1. The SMILES string of the molecule is CCCCC(C)Cc1ccc(N)cc1. The van der Waals surface area contributed by atoms with E-state index in [1.165, 1.54) is 31.2 Å². The summed E-state index contributed by atoms with van der Waals surface area (Å²) in [5.74, 6) is 0.790. The lowest BCUT2D eigenvalue weighted by atomic mass is 9.96. The van der Waals surface area contributed by atoms with E-state index in [4.69, 9.17) is 5.73 Å². The monoisotopic (exact) mass is 191 g/mol. The molecule has 0 aliphatic heterocycles. The van der Waals surface area contributed by atoms with Gasteiger partial charge in [-0.05, 0) is 30.0 Å². The molecule has 0 fully saturated rings. The van der Waals surface area contributed by atoms with Gasteiger partial charge in [-0.3, -0.25) is 0 Å². The van der Waals surface area contributed by atoms with Gasteiger partial charge in [0.15, 0.2) is 0 Å². The number of nitrogen functional groups attached to an aromatic ring is 1. The zero-order chi connectivity index (χ0) is 10.4. The quantitative estimate of drug-likeness (QED) is 0.706. The summed E-state index contributed by atoms with van der Waals surface area (Å²) in [6.45, 7) is 4.57. The molecule has 0 saturated carbocycles. The lowest BCUT2D eigenvalue weighted by molar-refractivity contribution is 0.503. The van der Waals surface area contributed by atoms with E-state index in [1.54, 1.807) is 0 Å². The highest BCUT2D eigenvalue weighted by Gasteiger charge is 2.02. The van der Waals surface area contributed by atoms with Gasteiger partial charge >= 0.3 is 0 Å². The maximum absolute atomic E-state index is 5.64. The third-order valence-corrected chi connectivity index (χ3v) is 2.61. The Kier molecular flexibility index (Phi) is 4.51. The molecule has 1 rings (SSSR count). The van der Waals surface area contributed by atoms with Gasteiger partial charge in [-0.2, -0.15) is 0 Å². The molecule has 0 radical (unpaired) electrons. The highest BCUT2D eigenvalue weighted by atomic mass is 14.5. The van der Waals surface area contributed by atoms with E-state index in [1.807, 2.05) is 12.1 Å². The number of benzene rings is 1. The molecule has 1 aromatic carbocycles. The van der Waals surface area contributed by atoms with Crippen molar-refractivity contribution in [1.29, 1.82) is 0 Å². The van der Waals surface area contributed by atoms with E-state index >= 15 is 0 Å². The van der Waals surface area contributed by atoms with Crippen molar-refractivity contribution >= 4 is 5.69 Å². The number of rotatable bonds is 5. The molecule has 1 heteroatoms. The predicted molar refractivity (Wildman–Crippen MR) is 63.2 cm³/mol. The molecule has 0 spiro atoms. The van der Waals surface area contributed by atoms with Gasteiger partial charge < -0.3 is 5.73 Å². The van der Waals surface area contributed by atoms with Crippen molar-refractivity contribution in [3.63, 3.8) is 0 Å². The molecule has 1 aromatic rings. The Morgan fingerprint density at radius 2 is 1.86 bits per heavy atom. The second-order valence-electron chi connectivity index (χ2n) is 4.19. The van der Waals surface area contributed by atoms with Crippen LogP contribution in [0.25, 0.3) is 0 Å². The van der Waals surface area contributed by atoms with Gasteiger partial charge in [-0.25, -0.2) is 0 Å². The van der Waals surface area contributed by atoms with Crippen LogP contribution in [-0.4, -0.2) is 0 Å². The topological polar surface area (TPSA) is 26.0 Å². The average molecular weight is 191 g/mol. The van der Waals surface area contributed by atoms with Gasteiger partial charge in [0.1, 0.15) is 0 Å². The van der Waals surface area contributed by atoms with Crippen LogP contribution in [0, 0.1) is 5.92 Å². The van der Waals surface area contributed by atoms with Crippen LogP contribution >= 0.6 is 0 Å². The van der Waals surface area contributed by atoms with E-state index < -0.39 is 0 Å². The highest BCUT2D eigenvalue weighted by molar-refractivity contribution is 5.39. The summed E-state index contributed by atoms with van der Waals surface area (Å²) in [6, 6.07) is 8.25. The first-order chi connectivity index (χ1) is 6.72. The number of unbranched alkanes of at least 4 members (excludes halogenated alkanes) is 1. The molecule has 0 heterocycles. The van der Waals surface area contributed by atoms with Crippen LogP contribution in [0.3, 0.4) is 0 Å². The molecule has 0 bridgehead atoms. The fourth-order valence-corrected chi connectivity index (χ4v) is 1.71. The lowest BCUT2D eigenvalue weighted by Crippen LogP contribution is -1.99. The second-order valence-corrected chi connectivity index (χ2v) is 4.19. The van der Waals surface area contributed by atoms with E-state index in [0.717, 1.165) is 11.6 Å². The molecular weight excluding hydrogens is 170 g/mol. The van der Waals surface area contributed by atoms with Crippen molar-refractivity contribution in [2.45, 2.75) is 39.5 Å². The molecule has 0 saturated heterocycles. The summed E-state index contributed by atoms with van der Waals surface area (Å²) < 4.78 is 0. The Hall–Kier alpha value is -0.980. The molecule has 0 aliphatic rings. The van der Waals surface area contributed by atoms with Gasteiger partial charge in [-0.15, -0.1) is 0 Å². The minimum Gasteiger partial charge on any atom is -0.399 e.